The number of nitrogens with zero attached hydrogens (tertiary/aromatic N) is 9. The first-order valence-electron chi connectivity index (χ1n) is 11.8. The number of alkyl halides is 3. The number of carboxylic acids is 1. The second-order valence-electron chi connectivity index (χ2n) is 8.94. The molecular weight excluding hydrogens is 557 g/mol. The summed E-state index contributed by atoms with van der Waals surface area (Å²) in [6.45, 7) is -1.26. The van der Waals surface area contributed by atoms with Gasteiger partial charge in [0, 0.05) is 11.6 Å². The topological polar surface area (TPSA) is 141 Å². The normalized spacial score (nSPS) is 15.2. The Morgan fingerprint density at radius 2 is 1.90 bits per heavy atom. The van der Waals surface area contributed by atoms with Crippen molar-refractivity contribution < 1.29 is 36.4 Å². The first-order chi connectivity index (χ1) is 19.6. The van der Waals surface area contributed by atoms with Crippen molar-refractivity contribution in [3.05, 3.63) is 77.7 Å². The molecule has 0 saturated heterocycles. The van der Waals surface area contributed by atoms with Crippen LogP contribution in [0.1, 0.15) is 17.2 Å². The zero-order chi connectivity index (χ0) is 28.9. The van der Waals surface area contributed by atoms with Crippen molar-refractivity contribution in [3.8, 4) is 22.9 Å². The Balaban J connectivity index is 1.40. The maximum absolute atomic E-state index is 15.0. The van der Waals surface area contributed by atoms with E-state index in [4.69, 9.17) is 4.52 Å². The van der Waals surface area contributed by atoms with Gasteiger partial charge in [0.05, 0.1) is 31.5 Å². The molecule has 0 spiro atoms. The van der Waals surface area contributed by atoms with E-state index in [1.54, 1.807) is 18.2 Å². The minimum atomic E-state index is -4.87. The molecule has 17 heteroatoms. The van der Waals surface area contributed by atoms with E-state index in [0.29, 0.717) is 21.5 Å². The van der Waals surface area contributed by atoms with E-state index in [-0.39, 0.29) is 23.9 Å². The van der Waals surface area contributed by atoms with Gasteiger partial charge in [0.1, 0.15) is 29.5 Å². The molecule has 1 aromatic carbocycles. The third-order valence-electron chi connectivity index (χ3n) is 6.39. The molecule has 4 aromatic heterocycles. The fraction of sp³-hybridized carbons (Fsp3) is 0.208. The Bertz CT molecular complexity index is 1750. The van der Waals surface area contributed by atoms with Crippen LogP contribution in [-0.2, 0) is 30.6 Å². The van der Waals surface area contributed by atoms with Gasteiger partial charge in [-0.2, -0.15) is 18.3 Å². The summed E-state index contributed by atoms with van der Waals surface area (Å²) in [6, 6.07) is 7.48. The predicted octanol–water partition coefficient (Wildman–Crippen LogP) is 3.41. The lowest BCUT2D eigenvalue weighted by molar-refractivity contribution is -0.149. The predicted molar refractivity (Wildman–Crippen MR) is 127 cm³/mol. The number of anilines is 1. The lowest BCUT2D eigenvalue weighted by Gasteiger charge is -2.34. The summed E-state index contributed by atoms with van der Waals surface area (Å²) >= 11 is 0. The molecule has 0 amide bonds. The van der Waals surface area contributed by atoms with Crippen molar-refractivity contribution in [3.63, 3.8) is 0 Å². The molecule has 1 aliphatic heterocycles. The average Bonchev–Trinajstić information content (AvgIpc) is 3.69. The lowest BCUT2D eigenvalue weighted by Crippen LogP contribution is -2.49. The molecule has 41 heavy (non-hydrogen) atoms. The Labute approximate surface area is 225 Å². The third-order valence-corrected chi connectivity index (χ3v) is 6.39. The SMILES string of the molecule is O=C(O)C1Cn2c(nnc2C(F)(F)F)CN1c1nc(-c2cc(-c3ccon3)n(Cc3ccccc3F)n2)ncc1F. The van der Waals surface area contributed by atoms with Crippen LogP contribution >= 0.6 is 0 Å². The maximum atomic E-state index is 15.0. The molecule has 12 nitrogen and oxygen atoms in total. The van der Waals surface area contributed by atoms with Crippen LogP contribution in [0.2, 0.25) is 0 Å². The Kier molecular flexibility index (Phi) is 6.19. The molecule has 1 N–H and O–H groups in total. The summed E-state index contributed by atoms with van der Waals surface area (Å²) in [4.78, 5) is 21.2. The molecule has 1 aliphatic rings. The Morgan fingerprint density at radius 3 is 2.61 bits per heavy atom. The third kappa shape index (κ3) is 4.74. The number of rotatable bonds is 6. The summed E-state index contributed by atoms with van der Waals surface area (Å²) in [5.74, 6) is -5.21. The first kappa shape index (κ1) is 26.0. The van der Waals surface area contributed by atoms with E-state index in [1.807, 2.05) is 0 Å². The average molecular weight is 573 g/mol. The van der Waals surface area contributed by atoms with E-state index in [2.05, 4.69) is 30.4 Å². The van der Waals surface area contributed by atoms with E-state index >= 15 is 4.39 Å². The van der Waals surface area contributed by atoms with Gasteiger partial charge < -0.3 is 19.1 Å². The molecule has 1 unspecified atom stereocenters. The molecule has 0 bridgehead atoms. The van der Waals surface area contributed by atoms with E-state index in [0.717, 1.165) is 11.1 Å². The van der Waals surface area contributed by atoms with Crippen LogP contribution in [0.4, 0.5) is 27.8 Å². The molecule has 1 atom stereocenters. The minimum Gasteiger partial charge on any atom is -0.480 e. The van der Waals surface area contributed by atoms with Crippen molar-refractivity contribution in [1.29, 1.82) is 0 Å². The summed E-state index contributed by atoms with van der Waals surface area (Å²) in [7, 11) is 0. The fourth-order valence-corrected chi connectivity index (χ4v) is 4.49. The van der Waals surface area contributed by atoms with Crippen molar-refractivity contribution in [2.45, 2.75) is 31.9 Å². The van der Waals surface area contributed by atoms with Crippen LogP contribution in [0.25, 0.3) is 22.9 Å². The molecule has 6 rings (SSSR count). The van der Waals surface area contributed by atoms with Crippen LogP contribution < -0.4 is 4.90 Å². The van der Waals surface area contributed by atoms with Crippen LogP contribution in [0, 0.1) is 11.6 Å². The van der Waals surface area contributed by atoms with Crippen molar-refractivity contribution >= 4 is 11.8 Å². The standard InChI is InChI=1S/C24H16F5N9O3/c25-13-4-2-1-3-12(13)9-38-17(15-5-6-41-35-15)7-16(34-38)20-30-8-14(26)21(31-20)36-11-19-32-33-23(24(27,28)29)37(19)10-18(36)22(39)40/h1-8,18H,9-11H2,(H,39,40). The number of aliphatic carboxylic acids is 1. The Hall–Kier alpha value is -5.22. The van der Waals surface area contributed by atoms with Crippen LogP contribution in [-0.4, -0.2) is 56.8 Å². The van der Waals surface area contributed by atoms with E-state index < -0.39 is 54.6 Å². The monoisotopic (exact) mass is 573 g/mol. The van der Waals surface area contributed by atoms with Gasteiger partial charge in [-0.1, -0.05) is 23.4 Å². The van der Waals surface area contributed by atoms with Crippen LogP contribution in [0.5, 0.6) is 0 Å². The largest absolute Gasteiger partial charge is 0.480 e. The van der Waals surface area contributed by atoms with Gasteiger partial charge in [-0.15, -0.1) is 10.2 Å². The van der Waals surface area contributed by atoms with Crippen molar-refractivity contribution in [2.75, 3.05) is 4.90 Å². The molecule has 0 radical (unpaired) electrons. The zero-order valence-electron chi connectivity index (χ0n) is 20.5. The highest BCUT2D eigenvalue weighted by Crippen LogP contribution is 2.33. The number of halogens is 5. The van der Waals surface area contributed by atoms with Gasteiger partial charge in [-0.3, -0.25) is 4.68 Å². The second-order valence-corrected chi connectivity index (χ2v) is 8.94. The van der Waals surface area contributed by atoms with Gasteiger partial charge >= 0.3 is 12.1 Å². The number of benzene rings is 1. The van der Waals surface area contributed by atoms with E-state index in [1.165, 1.54) is 29.1 Å². The van der Waals surface area contributed by atoms with Gasteiger partial charge in [0.2, 0.25) is 5.82 Å². The fourth-order valence-electron chi connectivity index (χ4n) is 4.49. The van der Waals surface area contributed by atoms with E-state index in [9.17, 15) is 27.5 Å². The quantitative estimate of drug-likeness (QED) is 0.301. The Morgan fingerprint density at radius 1 is 1.10 bits per heavy atom. The van der Waals surface area contributed by atoms with Gasteiger partial charge in [-0.05, 0) is 12.1 Å². The van der Waals surface area contributed by atoms with Crippen LogP contribution in [0.3, 0.4) is 0 Å². The van der Waals surface area contributed by atoms with Crippen molar-refractivity contribution in [2.24, 2.45) is 0 Å². The van der Waals surface area contributed by atoms with Gasteiger partial charge in [-0.25, -0.2) is 23.5 Å². The second kappa shape index (κ2) is 9.76. The lowest BCUT2D eigenvalue weighted by atomic mass is 10.1. The molecule has 5 aromatic rings. The zero-order valence-corrected chi connectivity index (χ0v) is 20.5. The highest BCUT2D eigenvalue weighted by molar-refractivity contribution is 5.78. The smallest absolute Gasteiger partial charge is 0.451 e. The number of hydrogen-bond acceptors (Lipinski definition) is 9. The minimum absolute atomic E-state index is 0.0205. The molecule has 210 valence electrons. The maximum Gasteiger partial charge on any atom is 0.451 e. The summed E-state index contributed by atoms with van der Waals surface area (Å²) in [5, 5.41) is 24.8. The number of carboxylic acid groups (broad SMARTS) is 1. The number of aromatic nitrogens is 8. The molecule has 0 aliphatic carbocycles. The molecule has 0 saturated carbocycles. The number of fused-ring (bicyclic) bond motifs is 1. The van der Waals surface area contributed by atoms with Crippen molar-refractivity contribution in [1.82, 2.24) is 39.7 Å². The van der Waals surface area contributed by atoms with Gasteiger partial charge in [0.25, 0.3) is 0 Å². The highest BCUT2D eigenvalue weighted by atomic mass is 19.4. The molecular formula is C24H16F5N9O3. The number of hydrogen-bond donors (Lipinski definition) is 1. The molecule has 0 fully saturated rings. The first-order valence-corrected chi connectivity index (χ1v) is 11.8. The number of carbonyl (C=O) groups is 1. The summed E-state index contributed by atoms with van der Waals surface area (Å²) in [6.07, 6.45) is -2.75. The molecule has 5 heterocycles. The highest BCUT2D eigenvalue weighted by Gasteiger charge is 2.43. The summed E-state index contributed by atoms with van der Waals surface area (Å²) < 4.78 is 76.5. The van der Waals surface area contributed by atoms with Crippen LogP contribution in [0.15, 0.2) is 53.4 Å². The summed E-state index contributed by atoms with van der Waals surface area (Å²) in [5.41, 5.74) is 1.16. The van der Waals surface area contributed by atoms with Gasteiger partial charge in [0.15, 0.2) is 23.3 Å².